The molecule has 1 fully saturated rings. The van der Waals surface area contributed by atoms with Crippen molar-refractivity contribution in [3.05, 3.63) is 0 Å². The molecule has 0 spiro atoms. The molecule has 2 atom stereocenters. The van der Waals surface area contributed by atoms with Crippen molar-refractivity contribution in [2.45, 2.75) is 32.7 Å². The van der Waals surface area contributed by atoms with E-state index in [1.54, 1.807) is 0 Å². The molecule has 0 saturated carbocycles. The number of carbonyl (C=O) groups is 1. The average molecular weight is 242 g/mol. The van der Waals surface area contributed by atoms with E-state index in [1.165, 1.54) is 20.0 Å². The monoisotopic (exact) mass is 242 g/mol. The first kappa shape index (κ1) is 14.5. The van der Waals surface area contributed by atoms with Gasteiger partial charge in [0, 0.05) is 6.04 Å². The molecule has 0 amide bonds. The Labute approximate surface area is 105 Å². The largest absolute Gasteiger partial charge is 0.469 e. The minimum Gasteiger partial charge on any atom is -0.469 e. The topological polar surface area (TPSA) is 41.6 Å². The van der Waals surface area contributed by atoms with Crippen molar-refractivity contribution in [1.82, 2.24) is 10.2 Å². The lowest BCUT2D eigenvalue weighted by Crippen LogP contribution is -2.46. The van der Waals surface area contributed by atoms with Crippen molar-refractivity contribution in [3.63, 3.8) is 0 Å². The number of likely N-dealkylation sites (tertiary alicyclic amines) is 1. The van der Waals surface area contributed by atoms with Crippen LogP contribution in [0, 0.1) is 11.8 Å². The molecule has 1 aliphatic rings. The lowest BCUT2D eigenvalue weighted by Gasteiger charge is -2.37. The molecule has 0 aliphatic carbocycles. The number of carbonyl (C=O) groups excluding carboxylic acids is 1. The van der Waals surface area contributed by atoms with E-state index < -0.39 is 0 Å². The number of rotatable bonds is 5. The Bertz CT molecular complexity index is 238. The van der Waals surface area contributed by atoms with Gasteiger partial charge >= 0.3 is 5.97 Å². The van der Waals surface area contributed by atoms with Crippen LogP contribution in [0.25, 0.3) is 0 Å². The van der Waals surface area contributed by atoms with E-state index in [4.69, 9.17) is 4.74 Å². The molecule has 1 N–H and O–H groups in total. The molecular formula is C13H26N2O2. The molecule has 1 rings (SSSR count). The number of methoxy groups -OCH3 is 1. The standard InChI is InChI=1S/C13H26N2O2/c1-10(13(16)17-4)11(2)15-7-5-12(6-8-15)9-14-3/h10-12,14H,5-9H2,1-4H3. The van der Waals surface area contributed by atoms with E-state index in [1.807, 2.05) is 14.0 Å². The van der Waals surface area contributed by atoms with Crippen LogP contribution in [0.3, 0.4) is 0 Å². The van der Waals surface area contributed by atoms with Crippen molar-refractivity contribution >= 4 is 5.97 Å². The fraction of sp³-hybridized carbons (Fsp3) is 0.923. The second kappa shape index (κ2) is 6.97. The van der Waals surface area contributed by atoms with Crippen LogP contribution in [0.4, 0.5) is 0 Å². The molecule has 2 unspecified atom stereocenters. The van der Waals surface area contributed by atoms with Crippen molar-refractivity contribution in [3.8, 4) is 0 Å². The van der Waals surface area contributed by atoms with Gasteiger partial charge in [0.25, 0.3) is 0 Å². The summed E-state index contributed by atoms with van der Waals surface area (Å²) in [5.41, 5.74) is 0. The Kier molecular flexibility index (Phi) is 5.92. The maximum atomic E-state index is 11.5. The van der Waals surface area contributed by atoms with Crippen LogP contribution in [0.1, 0.15) is 26.7 Å². The number of nitrogens with one attached hydrogen (secondary N) is 1. The normalized spacial score (nSPS) is 22.1. The number of piperidine rings is 1. The van der Waals surface area contributed by atoms with Crippen LogP contribution in [-0.4, -0.2) is 50.7 Å². The lowest BCUT2D eigenvalue weighted by molar-refractivity contribution is -0.147. The number of esters is 1. The first-order chi connectivity index (χ1) is 8.10. The van der Waals surface area contributed by atoms with E-state index >= 15 is 0 Å². The molecule has 0 bridgehead atoms. The van der Waals surface area contributed by atoms with Gasteiger partial charge in [0.2, 0.25) is 0 Å². The smallest absolute Gasteiger partial charge is 0.309 e. The third-order valence-corrected chi connectivity index (χ3v) is 4.01. The predicted octanol–water partition coefficient (Wildman–Crippen LogP) is 1.12. The van der Waals surface area contributed by atoms with Crippen molar-refractivity contribution in [1.29, 1.82) is 0 Å². The van der Waals surface area contributed by atoms with Gasteiger partial charge in [-0.05, 0) is 52.4 Å². The zero-order valence-electron chi connectivity index (χ0n) is 11.5. The Morgan fingerprint density at radius 2 is 2.00 bits per heavy atom. The fourth-order valence-corrected chi connectivity index (χ4v) is 2.55. The lowest BCUT2D eigenvalue weighted by atomic mass is 9.93. The van der Waals surface area contributed by atoms with E-state index in [0.717, 1.165) is 25.6 Å². The van der Waals surface area contributed by atoms with E-state index in [0.29, 0.717) is 0 Å². The molecule has 0 aromatic rings. The fourth-order valence-electron chi connectivity index (χ4n) is 2.55. The third kappa shape index (κ3) is 3.96. The molecule has 0 aromatic heterocycles. The first-order valence-corrected chi connectivity index (χ1v) is 6.56. The van der Waals surface area contributed by atoms with Gasteiger partial charge in [-0.2, -0.15) is 0 Å². The number of ether oxygens (including phenoxy) is 1. The van der Waals surface area contributed by atoms with Crippen LogP contribution in [0.5, 0.6) is 0 Å². The highest BCUT2D eigenvalue weighted by Gasteiger charge is 2.29. The van der Waals surface area contributed by atoms with Crippen LogP contribution in [0.15, 0.2) is 0 Å². The number of hydrogen-bond acceptors (Lipinski definition) is 4. The molecule has 0 radical (unpaired) electrons. The molecular weight excluding hydrogens is 216 g/mol. The minimum atomic E-state index is -0.102. The van der Waals surface area contributed by atoms with Gasteiger partial charge in [-0.3, -0.25) is 9.69 Å². The quantitative estimate of drug-likeness (QED) is 0.734. The summed E-state index contributed by atoms with van der Waals surface area (Å²) >= 11 is 0. The van der Waals surface area contributed by atoms with Gasteiger partial charge in [-0.25, -0.2) is 0 Å². The summed E-state index contributed by atoms with van der Waals surface area (Å²) < 4.78 is 4.81. The second-order valence-corrected chi connectivity index (χ2v) is 5.09. The molecule has 4 heteroatoms. The summed E-state index contributed by atoms with van der Waals surface area (Å²) in [4.78, 5) is 13.9. The Hall–Kier alpha value is -0.610. The summed E-state index contributed by atoms with van der Waals surface area (Å²) in [7, 11) is 3.47. The number of hydrogen-bond donors (Lipinski definition) is 1. The Balaban J connectivity index is 2.40. The van der Waals surface area contributed by atoms with Crippen LogP contribution in [-0.2, 0) is 9.53 Å². The Morgan fingerprint density at radius 1 is 1.41 bits per heavy atom. The third-order valence-electron chi connectivity index (χ3n) is 4.01. The Morgan fingerprint density at radius 3 is 2.47 bits per heavy atom. The van der Waals surface area contributed by atoms with Gasteiger partial charge in [-0.15, -0.1) is 0 Å². The van der Waals surface area contributed by atoms with Crippen LogP contribution >= 0.6 is 0 Å². The zero-order valence-corrected chi connectivity index (χ0v) is 11.5. The highest BCUT2D eigenvalue weighted by atomic mass is 16.5. The number of nitrogens with zero attached hydrogens (tertiary/aromatic N) is 1. The highest BCUT2D eigenvalue weighted by molar-refractivity contribution is 5.72. The maximum Gasteiger partial charge on any atom is 0.309 e. The second-order valence-electron chi connectivity index (χ2n) is 5.09. The summed E-state index contributed by atoms with van der Waals surface area (Å²) in [5, 5.41) is 3.24. The summed E-state index contributed by atoms with van der Waals surface area (Å²) in [6, 6.07) is 0.276. The highest BCUT2D eigenvalue weighted by Crippen LogP contribution is 2.21. The van der Waals surface area contributed by atoms with Gasteiger partial charge in [-0.1, -0.05) is 6.92 Å². The van der Waals surface area contributed by atoms with Gasteiger partial charge in [0.1, 0.15) is 0 Å². The van der Waals surface area contributed by atoms with Crippen LogP contribution in [0.2, 0.25) is 0 Å². The SMILES string of the molecule is CNCC1CCN(C(C)C(C)C(=O)OC)CC1. The molecule has 0 aromatic carbocycles. The predicted molar refractivity (Wildman–Crippen MR) is 68.9 cm³/mol. The summed E-state index contributed by atoms with van der Waals surface area (Å²) in [6.45, 7) is 7.37. The van der Waals surface area contributed by atoms with Crippen molar-refractivity contribution < 1.29 is 9.53 Å². The molecule has 1 heterocycles. The molecule has 4 nitrogen and oxygen atoms in total. The summed E-state index contributed by atoms with van der Waals surface area (Å²) in [5.74, 6) is 0.646. The van der Waals surface area contributed by atoms with Gasteiger partial charge in [0.15, 0.2) is 0 Å². The summed E-state index contributed by atoms with van der Waals surface area (Å²) in [6.07, 6.45) is 2.44. The molecule has 1 saturated heterocycles. The van der Waals surface area contributed by atoms with Gasteiger partial charge in [0.05, 0.1) is 13.0 Å². The maximum absolute atomic E-state index is 11.5. The molecule has 17 heavy (non-hydrogen) atoms. The van der Waals surface area contributed by atoms with Gasteiger partial charge < -0.3 is 10.1 Å². The average Bonchev–Trinajstić information content (AvgIpc) is 2.37. The zero-order chi connectivity index (χ0) is 12.8. The van der Waals surface area contributed by atoms with E-state index in [2.05, 4.69) is 17.1 Å². The molecule has 100 valence electrons. The minimum absolute atomic E-state index is 0.0409. The van der Waals surface area contributed by atoms with E-state index in [-0.39, 0.29) is 17.9 Å². The van der Waals surface area contributed by atoms with Crippen molar-refractivity contribution in [2.24, 2.45) is 11.8 Å². The van der Waals surface area contributed by atoms with E-state index in [9.17, 15) is 4.79 Å². The van der Waals surface area contributed by atoms with Crippen LogP contribution < -0.4 is 5.32 Å². The first-order valence-electron chi connectivity index (χ1n) is 6.56. The molecule has 1 aliphatic heterocycles. The van der Waals surface area contributed by atoms with Crippen molar-refractivity contribution in [2.75, 3.05) is 33.8 Å².